The molecular weight excluding hydrogens is 444 g/mol. The fraction of sp³-hybridized carbons (Fsp3) is 0.455. The lowest BCUT2D eigenvalue weighted by molar-refractivity contribution is 0.0949. The van der Waals surface area contributed by atoms with E-state index in [1.54, 1.807) is 43.3 Å². The molecule has 1 amide bonds. The van der Waals surface area contributed by atoms with Gasteiger partial charge in [-0.2, -0.15) is 5.10 Å². The number of benzene rings is 1. The zero-order valence-corrected chi connectivity index (χ0v) is 19.9. The standard InChI is InChI=1S/C22H28N6O4S/c1-4-33-22-25-19(27-9-11-32-12-10-27)17-14-24-28(20(17)26-22)8-7-23-21(29)16-6-5-15(30-2)13-18(16)31-3/h5-6,13-14H,4,7-12H2,1-3H3,(H,23,29). The van der Waals surface area contributed by atoms with Crippen molar-refractivity contribution in [2.45, 2.75) is 18.6 Å². The van der Waals surface area contributed by atoms with E-state index in [4.69, 9.17) is 24.2 Å². The fourth-order valence-electron chi connectivity index (χ4n) is 3.65. The molecule has 0 radical (unpaired) electrons. The Morgan fingerprint density at radius 1 is 1.21 bits per heavy atom. The summed E-state index contributed by atoms with van der Waals surface area (Å²) >= 11 is 1.60. The van der Waals surface area contributed by atoms with Crippen molar-refractivity contribution in [1.29, 1.82) is 0 Å². The third kappa shape index (κ3) is 5.14. The van der Waals surface area contributed by atoms with Gasteiger partial charge in [0.15, 0.2) is 10.8 Å². The molecule has 3 aromatic rings. The van der Waals surface area contributed by atoms with Gasteiger partial charge in [0.1, 0.15) is 17.3 Å². The smallest absolute Gasteiger partial charge is 0.255 e. The second kappa shape index (κ2) is 10.7. The number of anilines is 1. The molecule has 4 rings (SSSR count). The van der Waals surface area contributed by atoms with Gasteiger partial charge in [-0.1, -0.05) is 18.7 Å². The van der Waals surface area contributed by atoms with Crippen LogP contribution in [0.4, 0.5) is 5.82 Å². The van der Waals surface area contributed by atoms with Crippen molar-refractivity contribution in [3.63, 3.8) is 0 Å². The Labute approximate surface area is 196 Å². The highest BCUT2D eigenvalue weighted by Gasteiger charge is 2.20. The van der Waals surface area contributed by atoms with Crippen molar-refractivity contribution in [1.82, 2.24) is 25.1 Å². The fourth-order valence-corrected chi connectivity index (χ4v) is 4.21. The van der Waals surface area contributed by atoms with Crippen LogP contribution in [0.1, 0.15) is 17.3 Å². The van der Waals surface area contributed by atoms with E-state index in [-0.39, 0.29) is 5.91 Å². The van der Waals surface area contributed by atoms with Crippen LogP contribution in [0, 0.1) is 0 Å². The molecule has 10 nitrogen and oxygen atoms in total. The third-order valence-corrected chi connectivity index (χ3v) is 6.03. The predicted octanol–water partition coefficient (Wildman–Crippen LogP) is 2.22. The Bertz CT molecular complexity index is 1120. The molecule has 0 unspecified atom stereocenters. The topological polar surface area (TPSA) is 104 Å². The normalized spacial score (nSPS) is 13.8. The highest BCUT2D eigenvalue weighted by Crippen LogP contribution is 2.28. The summed E-state index contributed by atoms with van der Waals surface area (Å²) in [5, 5.41) is 9.09. The van der Waals surface area contributed by atoms with Crippen LogP contribution in [0.25, 0.3) is 11.0 Å². The van der Waals surface area contributed by atoms with E-state index in [1.807, 2.05) is 4.68 Å². The summed E-state index contributed by atoms with van der Waals surface area (Å²) in [6, 6.07) is 5.11. The molecule has 1 fully saturated rings. The molecule has 33 heavy (non-hydrogen) atoms. The van der Waals surface area contributed by atoms with Crippen LogP contribution in [0.5, 0.6) is 11.5 Å². The number of hydrogen-bond donors (Lipinski definition) is 1. The first-order valence-corrected chi connectivity index (χ1v) is 11.8. The Balaban J connectivity index is 1.51. The van der Waals surface area contributed by atoms with Crippen LogP contribution in [0.3, 0.4) is 0 Å². The van der Waals surface area contributed by atoms with E-state index in [0.29, 0.717) is 43.4 Å². The first-order valence-electron chi connectivity index (χ1n) is 10.8. The summed E-state index contributed by atoms with van der Waals surface area (Å²) < 4.78 is 17.8. The zero-order valence-electron chi connectivity index (χ0n) is 19.0. The molecule has 0 saturated carbocycles. The van der Waals surface area contributed by atoms with Crippen molar-refractivity contribution >= 4 is 34.5 Å². The molecule has 1 aliphatic rings. The van der Waals surface area contributed by atoms with Gasteiger partial charge < -0.3 is 24.4 Å². The average molecular weight is 473 g/mol. The quantitative estimate of drug-likeness (QED) is 0.371. The Hall–Kier alpha value is -3.05. The zero-order chi connectivity index (χ0) is 23.2. The lowest BCUT2D eigenvalue weighted by Gasteiger charge is -2.28. The van der Waals surface area contributed by atoms with Crippen LogP contribution >= 0.6 is 11.8 Å². The molecule has 1 aliphatic heterocycles. The number of methoxy groups -OCH3 is 2. The second-order valence-corrected chi connectivity index (χ2v) is 8.52. The molecule has 176 valence electrons. The molecule has 1 N–H and O–H groups in total. The number of morpholine rings is 1. The number of hydrogen-bond acceptors (Lipinski definition) is 9. The van der Waals surface area contributed by atoms with Crippen molar-refractivity contribution in [2.24, 2.45) is 0 Å². The van der Waals surface area contributed by atoms with Crippen molar-refractivity contribution in [3.05, 3.63) is 30.0 Å². The molecule has 2 aromatic heterocycles. The number of thioether (sulfide) groups is 1. The highest BCUT2D eigenvalue weighted by molar-refractivity contribution is 7.99. The number of rotatable bonds is 9. The number of fused-ring (bicyclic) bond motifs is 1. The van der Waals surface area contributed by atoms with E-state index in [9.17, 15) is 4.79 Å². The van der Waals surface area contributed by atoms with E-state index in [2.05, 4.69) is 22.2 Å². The van der Waals surface area contributed by atoms with Gasteiger partial charge in [-0.05, 0) is 17.9 Å². The van der Waals surface area contributed by atoms with Crippen molar-refractivity contribution < 1.29 is 19.0 Å². The molecule has 0 spiro atoms. The lowest BCUT2D eigenvalue weighted by Crippen LogP contribution is -2.37. The summed E-state index contributed by atoms with van der Waals surface area (Å²) in [7, 11) is 3.10. The number of ether oxygens (including phenoxy) is 3. The van der Waals surface area contributed by atoms with Gasteiger partial charge in [-0.15, -0.1) is 0 Å². The summed E-state index contributed by atoms with van der Waals surface area (Å²) in [6.07, 6.45) is 1.80. The van der Waals surface area contributed by atoms with Crippen molar-refractivity contribution in [2.75, 3.05) is 57.7 Å². The van der Waals surface area contributed by atoms with E-state index in [1.165, 1.54) is 7.11 Å². The average Bonchev–Trinajstić information content (AvgIpc) is 3.26. The highest BCUT2D eigenvalue weighted by atomic mass is 32.2. The molecular formula is C22H28N6O4S. The van der Waals surface area contributed by atoms with Crippen LogP contribution in [-0.4, -0.2) is 78.5 Å². The van der Waals surface area contributed by atoms with Crippen molar-refractivity contribution in [3.8, 4) is 11.5 Å². The Morgan fingerprint density at radius 3 is 2.76 bits per heavy atom. The molecule has 1 saturated heterocycles. The lowest BCUT2D eigenvalue weighted by atomic mass is 10.1. The van der Waals surface area contributed by atoms with Crippen LogP contribution < -0.4 is 19.7 Å². The monoisotopic (exact) mass is 472 g/mol. The SMILES string of the molecule is CCSc1nc(N2CCOCC2)c2cnn(CCNC(=O)c3ccc(OC)cc3OC)c2n1. The molecule has 0 aliphatic carbocycles. The molecule has 0 bridgehead atoms. The largest absolute Gasteiger partial charge is 0.497 e. The first-order chi connectivity index (χ1) is 16.1. The Kier molecular flexibility index (Phi) is 7.50. The molecule has 11 heteroatoms. The maximum Gasteiger partial charge on any atom is 0.255 e. The molecule has 0 atom stereocenters. The van der Waals surface area contributed by atoms with E-state index in [0.717, 1.165) is 40.9 Å². The van der Waals surface area contributed by atoms with Gasteiger partial charge in [0.2, 0.25) is 0 Å². The number of nitrogens with zero attached hydrogens (tertiary/aromatic N) is 5. The maximum atomic E-state index is 12.7. The summed E-state index contributed by atoms with van der Waals surface area (Å²) in [4.78, 5) is 24.4. The van der Waals surface area contributed by atoms with Gasteiger partial charge in [-0.25, -0.2) is 14.6 Å². The number of aromatic nitrogens is 4. The summed E-state index contributed by atoms with van der Waals surface area (Å²) in [5.74, 6) is 2.62. The molecule has 1 aromatic carbocycles. The number of nitrogens with one attached hydrogen (secondary N) is 1. The van der Waals surface area contributed by atoms with E-state index >= 15 is 0 Å². The predicted molar refractivity (Wildman–Crippen MR) is 127 cm³/mol. The third-order valence-electron chi connectivity index (χ3n) is 5.30. The van der Waals surface area contributed by atoms with Crippen LogP contribution in [0.15, 0.2) is 29.6 Å². The van der Waals surface area contributed by atoms with Gasteiger partial charge in [0.25, 0.3) is 5.91 Å². The minimum absolute atomic E-state index is 0.225. The van der Waals surface area contributed by atoms with Crippen LogP contribution in [0.2, 0.25) is 0 Å². The van der Waals surface area contributed by atoms with Crippen LogP contribution in [-0.2, 0) is 11.3 Å². The minimum Gasteiger partial charge on any atom is -0.497 e. The van der Waals surface area contributed by atoms with Gasteiger partial charge in [0, 0.05) is 25.7 Å². The van der Waals surface area contributed by atoms with Gasteiger partial charge >= 0.3 is 0 Å². The second-order valence-electron chi connectivity index (χ2n) is 7.29. The maximum absolute atomic E-state index is 12.7. The number of amides is 1. The minimum atomic E-state index is -0.225. The number of carbonyl (C=O) groups excluding carboxylic acids is 1. The Morgan fingerprint density at radius 2 is 2.03 bits per heavy atom. The first kappa shape index (κ1) is 23.1. The summed E-state index contributed by atoms with van der Waals surface area (Å²) in [5.41, 5.74) is 1.21. The number of carbonyl (C=O) groups is 1. The van der Waals surface area contributed by atoms with Gasteiger partial charge in [0.05, 0.1) is 51.1 Å². The van der Waals surface area contributed by atoms with Gasteiger partial charge in [-0.3, -0.25) is 4.79 Å². The summed E-state index contributed by atoms with van der Waals surface area (Å²) in [6.45, 7) is 5.86. The molecule has 3 heterocycles. The van der Waals surface area contributed by atoms with E-state index < -0.39 is 0 Å².